The van der Waals surface area contributed by atoms with Crippen LogP contribution in [0, 0.1) is 5.92 Å². The SMILES string of the molecule is CCOc1ccc(S(=O)(=O)N(C)C)cc1NC(=O)C(C)CNC. The van der Waals surface area contributed by atoms with E-state index in [-0.39, 0.29) is 16.7 Å². The van der Waals surface area contributed by atoms with Crippen molar-refractivity contribution in [1.82, 2.24) is 9.62 Å². The zero-order valence-electron chi connectivity index (χ0n) is 14.2. The average Bonchev–Trinajstić information content (AvgIpc) is 2.49. The molecule has 8 heteroatoms. The predicted molar refractivity (Wildman–Crippen MR) is 90.2 cm³/mol. The molecule has 1 rings (SSSR count). The van der Waals surface area contributed by atoms with Gasteiger partial charge in [0.2, 0.25) is 15.9 Å². The van der Waals surface area contributed by atoms with Crippen LogP contribution in [0.5, 0.6) is 5.75 Å². The normalized spacial score (nSPS) is 13.0. The second-order valence-corrected chi connectivity index (χ2v) is 7.48. The Kier molecular flexibility index (Phi) is 6.99. The number of nitrogens with one attached hydrogen (secondary N) is 2. The van der Waals surface area contributed by atoms with Crippen LogP contribution in [0.25, 0.3) is 0 Å². The highest BCUT2D eigenvalue weighted by molar-refractivity contribution is 7.89. The van der Waals surface area contributed by atoms with E-state index in [4.69, 9.17) is 4.74 Å². The summed E-state index contributed by atoms with van der Waals surface area (Å²) < 4.78 is 31.1. The van der Waals surface area contributed by atoms with Crippen LogP contribution < -0.4 is 15.4 Å². The Hall–Kier alpha value is -1.64. The van der Waals surface area contributed by atoms with Gasteiger partial charge in [-0.2, -0.15) is 0 Å². The Labute approximate surface area is 138 Å². The lowest BCUT2D eigenvalue weighted by atomic mass is 10.1. The van der Waals surface area contributed by atoms with Crippen LogP contribution in [0.15, 0.2) is 23.1 Å². The molecule has 0 aliphatic rings. The highest BCUT2D eigenvalue weighted by atomic mass is 32.2. The molecule has 7 nitrogen and oxygen atoms in total. The van der Waals surface area contributed by atoms with Crippen LogP contribution in [0.3, 0.4) is 0 Å². The summed E-state index contributed by atoms with van der Waals surface area (Å²) in [7, 11) is 1.10. The molecule has 1 aromatic carbocycles. The molecular formula is C15H25N3O4S. The van der Waals surface area contributed by atoms with Gasteiger partial charge in [-0.1, -0.05) is 6.92 Å². The van der Waals surface area contributed by atoms with E-state index in [9.17, 15) is 13.2 Å². The van der Waals surface area contributed by atoms with Gasteiger partial charge < -0.3 is 15.4 Å². The molecule has 0 heterocycles. The number of amides is 1. The molecule has 2 N–H and O–H groups in total. The Morgan fingerprint density at radius 1 is 1.35 bits per heavy atom. The van der Waals surface area contributed by atoms with Gasteiger partial charge in [-0.15, -0.1) is 0 Å². The van der Waals surface area contributed by atoms with E-state index in [1.54, 1.807) is 20.0 Å². The number of hydrogen-bond acceptors (Lipinski definition) is 5. The molecule has 0 saturated heterocycles. The molecule has 130 valence electrons. The lowest BCUT2D eigenvalue weighted by Gasteiger charge is -2.17. The predicted octanol–water partition coefficient (Wildman–Crippen LogP) is 1.13. The Bertz CT molecular complexity index is 644. The van der Waals surface area contributed by atoms with Gasteiger partial charge in [0.15, 0.2) is 0 Å². The monoisotopic (exact) mass is 343 g/mol. The fraction of sp³-hybridized carbons (Fsp3) is 0.533. The molecule has 0 aliphatic carbocycles. The second kappa shape index (κ2) is 8.28. The minimum absolute atomic E-state index is 0.0996. The van der Waals surface area contributed by atoms with Crippen molar-refractivity contribution in [2.24, 2.45) is 5.92 Å². The van der Waals surface area contributed by atoms with Gasteiger partial charge in [0.25, 0.3) is 0 Å². The lowest BCUT2D eigenvalue weighted by molar-refractivity contribution is -0.119. The molecule has 0 saturated carbocycles. The first-order valence-corrected chi connectivity index (χ1v) is 8.82. The third-order valence-electron chi connectivity index (χ3n) is 3.25. The largest absolute Gasteiger partial charge is 0.492 e. The van der Waals surface area contributed by atoms with Crippen molar-refractivity contribution in [3.63, 3.8) is 0 Å². The highest BCUT2D eigenvalue weighted by Crippen LogP contribution is 2.29. The van der Waals surface area contributed by atoms with Crippen LogP contribution in [0.2, 0.25) is 0 Å². The maximum absolute atomic E-state index is 12.2. The Morgan fingerprint density at radius 2 is 2.00 bits per heavy atom. The fourth-order valence-electron chi connectivity index (χ4n) is 1.91. The first kappa shape index (κ1) is 19.4. The highest BCUT2D eigenvalue weighted by Gasteiger charge is 2.21. The van der Waals surface area contributed by atoms with Crippen molar-refractivity contribution in [3.8, 4) is 5.75 Å². The molecule has 0 aromatic heterocycles. The summed E-state index contributed by atoms with van der Waals surface area (Å²) in [5.74, 6) is -0.0292. The number of anilines is 1. The molecule has 23 heavy (non-hydrogen) atoms. The van der Waals surface area contributed by atoms with Gasteiger partial charge in [-0.3, -0.25) is 4.79 Å². The first-order chi connectivity index (χ1) is 10.7. The molecule has 0 spiro atoms. The van der Waals surface area contributed by atoms with E-state index in [0.717, 1.165) is 4.31 Å². The molecule has 0 bridgehead atoms. The van der Waals surface area contributed by atoms with Crippen molar-refractivity contribution >= 4 is 21.6 Å². The summed E-state index contributed by atoms with van der Waals surface area (Å²) in [4.78, 5) is 12.3. The van der Waals surface area contributed by atoms with Crippen LogP contribution in [-0.4, -0.2) is 52.9 Å². The number of rotatable bonds is 8. The quantitative estimate of drug-likeness (QED) is 0.739. The molecule has 0 aliphatic heterocycles. The molecular weight excluding hydrogens is 318 g/mol. The van der Waals surface area contributed by atoms with Crippen LogP contribution in [0.4, 0.5) is 5.69 Å². The summed E-state index contributed by atoms with van der Waals surface area (Å²) in [6.45, 7) is 4.53. The van der Waals surface area contributed by atoms with Gasteiger partial charge in [-0.25, -0.2) is 12.7 Å². The standard InChI is InChI=1S/C15H25N3O4S/c1-6-22-14-8-7-12(23(20,21)18(4)5)9-13(14)17-15(19)11(2)10-16-3/h7-9,11,16H,6,10H2,1-5H3,(H,17,19). The first-order valence-electron chi connectivity index (χ1n) is 7.38. The smallest absolute Gasteiger partial charge is 0.242 e. The number of ether oxygens (including phenoxy) is 1. The Balaban J connectivity index is 3.19. The van der Waals surface area contributed by atoms with Gasteiger partial charge in [0, 0.05) is 26.6 Å². The summed E-state index contributed by atoms with van der Waals surface area (Å²) in [6, 6.07) is 4.44. The Morgan fingerprint density at radius 3 is 2.52 bits per heavy atom. The van der Waals surface area contributed by atoms with Gasteiger partial charge in [-0.05, 0) is 32.2 Å². The minimum atomic E-state index is -3.58. The molecule has 1 aromatic rings. The topological polar surface area (TPSA) is 87.7 Å². The number of sulfonamides is 1. The van der Waals surface area contributed by atoms with Crippen molar-refractivity contribution in [3.05, 3.63) is 18.2 Å². The third kappa shape index (κ3) is 4.92. The third-order valence-corrected chi connectivity index (χ3v) is 5.06. The van der Waals surface area contributed by atoms with Crippen molar-refractivity contribution in [2.45, 2.75) is 18.7 Å². The van der Waals surface area contributed by atoms with Crippen molar-refractivity contribution < 1.29 is 17.9 Å². The summed E-state index contributed by atoms with van der Waals surface area (Å²) in [5, 5.41) is 5.67. The zero-order chi connectivity index (χ0) is 17.6. The zero-order valence-corrected chi connectivity index (χ0v) is 15.0. The number of carbonyl (C=O) groups is 1. The average molecular weight is 343 g/mol. The maximum atomic E-state index is 12.2. The summed E-state index contributed by atoms with van der Waals surface area (Å²) in [5.41, 5.74) is 0.350. The fourth-order valence-corrected chi connectivity index (χ4v) is 2.84. The summed E-state index contributed by atoms with van der Waals surface area (Å²) >= 11 is 0. The lowest BCUT2D eigenvalue weighted by Crippen LogP contribution is -2.29. The number of nitrogens with zero attached hydrogens (tertiary/aromatic N) is 1. The van der Waals surface area contributed by atoms with Gasteiger partial charge in [0.05, 0.1) is 17.2 Å². The maximum Gasteiger partial charge on any atom is 0.242 e. The number of carbonyl (C=O) groups excluding carboxylic acids is 1. The van der Waals surface area contributed by atoms with E-state index in [2.05, 4.69) is 10.6 Å². The molecule has 0 fully saturated rings. The van der Waals surface area contributed by atoms with Crippen LogP contribution in [-0.2, 0) is 14.8 Å². The van der Waals surface area contributed by atoms with E-state index >= 15 is 0 Å². The van der Waals surface area contributed by atoms with Crippen LogP contribution in [0.1, 0.15) is 13.8 Å². The number of hydrogen-bond donors (Lipinski definition) is 2. The number of benzene rings is 1. The molecule has 0 radical (unpaired) electrons. The van der Waals surface area contributed by atoms with Gasteiger partial charge >= 0.3 is 0 Å². The van der Waals surface area contributed by atoms with E-state index < -0.39 is 10.0 Å². The molecule has 1 unspecified atom stereocenters. The van der Waals surface area contributed by atoms with Crippen molar-refractivity contribution in [1.29, 1.82) is 0 Å². The van der Waals surface area contributed by atoms with Crippen molar-refractivity contribution in [2.75, 3.05) is 39.6 Å². The second-order valence-electron chi connectivity index (χ2n) is 5.33. The molecule has 1 atom stereocenters. The summed E-state index contributed by atoms with van der Waals surface area (Å²) in [6.07, 6.45) is 0. The van der Waals surface area contributed by atoms with E-state index in [0.29, 0.717) is 24.6 Å². The van der Waals surface area contributed by atoms with E-state index in [1.807, 2.05) is 6.92 Å². The van der Waals surface area contributed by atoms with E-state index in [1.165, 1.54) is 26.2 Å². The van der Waals surface area contributed by atoms with Gasteiger partial charge in [0.1, 0.15) is 5.75 Å². The van der Waals surface area contributed by atoms with Crippen LogP contribution >= 0.6 is 0 Å². The molecule has 1 amide bonds. The minimum Gasteiger partial charge on any atom is -0.492 e.